The zero-order valence-electron chi connectivity index (χ0n) is 16.3. The molecule has 1 fully saturated rings. The number of rotatable bonds is 4. The minimum Gasteiger partial charge on any atom is -0.342 e. The van der Waals surface area contributed by atoms with Crippen molar-refractivity contribution in [2.24, 2.45) is 5.73 Å². The van der Waals surface area contributed by atoms with Gasteiger partial charge in [0.25, 0.3) is 0 Å². The molecule has 0 radical (unpaired) electrons. The minimum absolute atomic E-state index is 0.158. The number of aromatic nitrogens is 3. The number of hydrogen-bond acceptors (Lipinski definition) is 4. The third-order valence-corrected chi connectivity index (χ3v) is 6.57. The Kier molecular flexibility index (Phi) is 4.65. The standard InChI is InChI=1S/C23H29N5/c24-23(15-21-27-18-7-1-2-8-19(18)28-21)12-10-17(11-13-23)26-20-9-3-5-16-6-4-14-25-22(16)20/h1-2,4,6-8,14,17,20,26H,3,5,9-13,15,24H2,(H,27,28). The van der Waals surface area contributed by atoms with Crippen LogP contribution in [-0.4, -0.2) is 26.5 Å². The van der Waals surface area contributed by atoms with Gasteiger partial charge < -0.3 is 16.0 Å². The van der Waals surface area contributed by atoms with E-state index in [4.69, 9.17) is 10.7 Å². The number of fused-ring (bicyclic) bond motifs is 2. The third-order valence-electron chi connectivity index (χ3n) is 6.57. The first-order chi connectivity index (χ1) is 13.7. The number of aryl methyl sites for hydroxylation is 1. The Morgan fingerprint density at radius 2 is 1.96 bits per heavy atom. The van der Waals surface area contributed by atoms with Gasteiger partial charge in [-0.05, 0) is 68.7 Å². The molecule has 1 saturated carbocycles. The molecule has 3 aromatic rings. The second kappa shape index (κ2) is 7.30. The molecule has 5 rings (SSSR count). The lowest BCUT2D eigenvalue weighted by atomic mass is 9.77. The molecule has 0 aliphatic heterocycles. The maximum Gasteiger partial charge on any atom is 0.109 e. The summed E-state index contributed by atoms with van der Waals surface area (Å²) >= 11 is 0. The van der Waals surface area contributed by atoms with Crippen molar-refractivity contribution in [1.29, 1.82) is 0 Å². The summed E-state index contributed by atoms with van der Waals surface area (Å²) in [5.74, 6) is 1.01. The molecule has 0 amide bonds. The van der Waals surface area contributed by atoms with Crippen molar-refractivity contribution in [3.63, 3.8) is 0 Å². The van der Waals surface area contributed by atoms with E-state index in [2.05, 4.69) is 39.6 Å². The molecule has 2 aliphatic rings. The molecule has 0 saturated heterocycles. The van der Waals surface area contributed by atoms with E-state index < -0.39 is 0 Å². The van der Waals surface area contributed by atoms with Gasteiger partial charge in [-0.25, -0.2) is 4.98 Å². The normalized spacial score (nSPS) is 27.6. The molecule has 5 nitrogen and oxygen atoms in total. The number of H-pyrrole nitrogens is 1. The van der Waals surface area contributed by atoms with Gasteiger partial charge in [0.1, 0.15) is 5.82 Å². The van der Waals surface area contributed by atoms with Crippen LogP contribution < -0.4 is 11.1 Å². The second-order valence-electron chi connectivity index (χ2n) is 8.67. The Morgan fingerprint density at radius 1 is 1.11 bits per heavy atom. The molecule has 1 aromatic carbocycles. The van der Waals surface area contributed by atoms with E-state index in [0.717, 1.165) is 55.4 Å². The first-order valence-corrected chi connectivity index (χ1v) is 10.6. The number of pyridine rings is 1. The molecule has 1 atom stereocenters. The number of nitrogens with zero attached hydrogens (tertiary/aromatic N) is 2. The van der Waals surface area contributed by atoms with Crippen molar-refractivity contribution >= 4 is 11.0 Å². The monoisotopic (exact) mass is 375 g/mol. The summed E-state index contributed by atoms with van der Waals surface area (Å²) in [6.45, 7) is 0. The molecule has 5 heteroatoms. The van der Waals surface area contributed by atoms with Crippen molar-refractivity contribution in [2.45, 2.75) is 69.0 Å². The fourth-order valence-corrected chi connectivity index (χ4v) is 5.02. The smallest absolute Gasteiger partial charge is 0.109 e. The van der Waals surface area contributed by atoms with Crippen molar-refractivity contribution in [3.8, 4) is 0 Å². The maximum absolute atomic E-state index is 6.78. The summed E-state index contributed by atoms with van der Waals surface area (Å²) in [6, 6.07) is 13.4. The molecule has 146 valence electrons. The molecule has 0 spiro atoms. The van der Waals surface area contributed by atoms with E-state index in [0.29, 0.717) is 12.1 Å². The van der Waals surface area contributed by atoms with E-state index in [1.54, 1.807) is 0 Å². The number of hydrogen-bond donors (Lipinski definition) is 3. The average Bonchev–Trinajstić information content (AvgIpc) is 3.12. The Bertz CT molecular complexity index is 921. The van der Waals surface area contributed by atoms with Gasteiger partial charge in [-0.15, -0.1) is 0 Å². The minimum atomic E-state index is -0.158. The van der Waals surface area contributed by atoms with Gasteiger partial charge in [-0.3, -0.25) is 4.98 Å². The Balaban J connectivity index is 1.21. The molecule has 4 N–H and O–H groups in total. The van der Waals surface area contributed by atoms with Crippen molar-refractivity contribution < 1.29 is 0 Å². The summed E-state index contributed by atoms with van der Waals surface area (Å²) in [4.78, 5) is 12.8. The third kappa shape index (κ3) is 3.56. The van der Waals surface area contributed by atoms with Crippen molar-refractivity contribution in [2.75, 3.05) is 0 Å². The van der Waals surface area contributed by atoms with Crippen LogP contribution in [0.3, 0.4) is 0 Å². The highest BCUT2D eigenvalue weighted by atomic mass is 15.0. The van der Waals surface area contributed by atoms with Gasteiger partial charge in [0.05, 0.1) is 16.7 Å². The predicted octanol–water partition coefficient (Wildman–Crippen LogP) is 3.81. The molecular formula is C23H29N5. The number of para-hydroxylation sites is 2. The van der Waals surface area contributed by atoms with E-state index in [1.165, 1.54) is 24.1 Å². The Labute approximate surface area is 166 Å². The fourth-order valence-electron chi connectivity index (χ4n) is 5.02. The first kappa shape index (κ1) is 17.8. The van der Waals surface area contributed by atoms with Crippen LogP contribution >= 0.6 is 0 Å². The van der Waals surface area contributed by atoms with Crippen LogP contribution in [0, 0.1) is 0 Å². The maximum atomic E-state index is 6.78. The van der Waals surface area contributed by atoms with Crippen LogP contribution in [0.25, 0.3) is 11.0 Å². The van der Waals surface area contributed by atoms with Crippen LogP contribution in [0.15, 0.2) is 42.6 Å². The molecule has 28 heavy (non-hydrogen) atoms. The van der Waals surface area contributed by atoms with E-state index >= 15 is 0 Å². The zero-order chi connectivity index (χ0) is 19.0. The summed E-state index contributed by atoms with van der Waals surface area (Å²) in [5.41, 5.74) is 11.4. The van der Waals surface area contributed by atoms with Crippen LogP contribution in [-0.2, 0) is 12.8 Å². The number of imidazole rings is 1. The summed E-state index contributed by atoms with van der Waals surface area (Å²) in [5, 5.41) is 3.90. The SMILES string of the molecule is NC1(Cc2nc3ccccc3[nH]2)CCC(NC2CCCc3cccnc32)CC1. The number of nitrogens with two attached hydrogens (primary N) is 1. The van der Waals surface area contributed by atoms with Gasteiger partial charge >= 0.3 is 0 Å². The highest BCUT2D eigenvalue weighted by Gasteiger charge is 2.34. The lowest BCUT2D eigenvalue weighted by Crippen LogP contribution is -2.49. The lowest BCUT2D eigenvalue weighted by Gasteiger charge is -2.39. The lowest BCUT2D eigenvalue weighted by molar-refractivity contribution is 0.228. The number of aromatic amines is 1. The number of nitrogens with one attached hydrogen (secondary N) is 2. The largest absolute Gasteiger partial charge is 0.342 e. The fraction of sp³-hybridized carbons (Fsp3) is 0.478. The predicted molar refractivity (Wildman–Crippen MR) is 112 cm³/mol. The van der Waals surface area contributed by atoms with E-state index in [9.17, 15) is 0 Å². The highest BCUT2D eigenvalue weighted by Crippen LogP contribution is 2.33. The molecule has 1 unspecified atom stereocenters. The molecule has 2 aromatic heterocycles. The quantitative estimate of drug-likeness (QED) is 0.648. The second-order valence-corrected chi connectivity index (χ2v) is 8.67. The summed E-state index contributed by atoms with van der Waals surface area (Å²) in [7, 11) is 0. The first-order valence-electron chi connectivity index (χ1n) is 10.6. The topological polar surface area (TPSA) is 79.6 Å². The molecular weight excluding hydrogens is 346 g/mol. The number of benzene rings is 1. The van der Waals surface area contributed by atoms with Gasteiger partial charge in [0.2, 0.25) is 0 Å². The molecule has 0 bridgehead atoms. The average molecular weight is 376 g/mol. The van der Waals surface area contributed by atoms with Gasteiger partial charge in [0, 0.05) is 30.2 Å². The van der Waals surface area contributed by atoms with Crippen LogP contribution in [0.4, 0.5) is 0 Å². The summed E-state index contributed by atoms with van der Waals surface area (Å²) < 4.78 is 0. The van der Waals surface area contributed by atoms with Crippen molar-refractivity contribution in [1.82, 2.24) is 20.3 Å². The highest BCUT2D eigenvalue weighted by molar-refractivity contribution is 5.74. The van der Waals surface area contributed by atoms with E-state index in [1.807, 2.05) is 18.3 Å². The Morgan fingerprint density at radius 3 is 2.82 bits per heavy atom. The van der Waals surface area contributed by atoms with E-state index in [-0.39, 0.29) is 5.54 Å². The summed E-state index contributed by atoms with van der Waals surface area (Å²) in [6.07, 6.45) is 10.6. The van der Waals surface area contributed by atoms with Crippen LogP contribution in [0.1, 0.15) is 61.6 Å². The zero-order valence-corrected chi connectivity index (χ0v) is 16.3. The van der Waals surface area contributed by atoms with Crippen LogP contribution in [0.5, 0.6) is 0 Å². The van der Waals surface area contributed by atoms with Gasteiger partial charge in [-0.2, -0.15) is 0 Å². The van der Waals surface area contributed by atoms with Gasteiger partial charge in [0.15, 0.2) is 0 Å². The molecule has 2 heterocycles. The van der Waals surface area contributed by atoms with Crippen LogP contribution in [0.2, 0.25) is 0 Å². The Hall–Kier alpha value is -2.24. The van der Waals surface area contributed by atoms with Gasteiger partial charge in [-0.1, -0.05) is 18.2 Å². The van der Waals surface area contributed by atoms with Crippen molar-refractivity contribution in [3.05, 3.63) is 59.7 Å². The molecule has 2 aliphatic carbocycles.